The molecule has 148 valence electrons. The number of hydrogen-bond donors (Lipinski definition) is 2. The van der Waals surface area contributed by atoms with Crippen LogP contribution >= 0.6 is 34.3 Å². The van der Waals surface area contributed by atoms with Gasteiger partial charge in [0.15, 0.2) is 0 Å². The molecule has 0 saturated carbocycles. The van der Waals surface area contributed by atoms with Crippen molar-refractivity contribution in [2.24, 2.45) is 0 Å². The number of halogens is 1. The first-order chi connectivity index (χ1) is 13.3. The molecule has 0 aliphatic carbocycles. The van der Waals surface area contributed by atoms with Gasteiger partial charge in [0.05, 0.1) is 27.1 Å². The van der Waals surface area contributed by atoms with E-state index < -0.39 is 10.0 Å². The first-order valence-corrected chi connectivity index (χ1v) is 12.0. The van der Waals surface area contributed by atoms with Crippen LogP contribution in [0.15, 0.2) is 41.8 Å². The SMILES string of the molecule is CNS(=O)(=O)Cc1ccc(CNC(=O)Cc2csc(-c3ccc(Cl)s3)n2)cc1. The van der Waals surface area contributed by atoms with Gasteiger partial charge >= 0.3 is 0 Å². The normalized spacial score (nSPS) is 11.5. The highest BCUT2D eigenvalue weighted by molar-refractivity contribution is 7.88. The molecule has 0 fully saturated rings. The van der Waals surface area contributed by atoms with Gasteiger partial charge in [-0.1, -0.05) is 35.9 Å². The Balaban J connectivity index is 1.51. The Bertz CT molecular complexity index is 1060. The molecule has 2 aromatic heterocycles. The van der Waals surface area contributed by atoms with Crippen molar-refractivity contribution in [2.45, 2.75) is 18.7 Å². The van der Waals surface area contributed by atoms with Gasteiger partial charge in [-0.2, -0.15) is 0 Å². The Labute approximate surface area is 176 Å². The van der Waals surface area contributed by atoms with Crippen LogP contribution < -0.4 is 10.0 Å². The molecule has 0 atom stereocenters. The Morgan fingerprint density at radius 2 is 1.86 bits per heavy atom. The number of rotatable bonds is 8. The quantitative estimate of drug-likeness (QED) is 0.544. The first kappa shape index (κ1) is 20.9. The predicted octanol–water partition coefficient (Wildman–Crippen LogP) is 3.43. The second-order valence-electron chi connectivity index (χ2n) is 5.98. The van der Waals surface area contributed by atoms with E-state index in [0.717, 1.165) is 21.1 Å². The molecule has 3 aromatic rings. The molecule has 2 heterocycles. The van der Waals surface area contributed by atoms with Crippen molar-refractivity contribution >= 4 is 50.2 Å². The summed E-state index contributed by atoms with van der Waals surface area (Å²) in [6.07, 6.45) is 0.202. The summed E-state index contributed by atoms with van der Waals surface area (Å²) in [6.45, 7) is 0.370. The standard InChI is InChI=1S/C18H18ClN3O3S3/c1-20-28(24,25)11-13-4-2-12(3-5-13)9-21-17(23)8-14-10-26-18(22-14)15-6-7-16(19)27-15/h2-7,10,20H,8-9,11H2,1H3,(H,21,23). The van der Waals surface area contributed by atoms with Crippen LogP contribution in [0.2, 0.25) is 4.34 Å². The smallest absolute Gasteiger partial charge is 0.226 e. The summed E-state index contributed by atoms with van der Waals surface area (Å²) in [4.78, 5) is 17.7. The number of thiophene rings is 1. The topological polar surface area (TPSA) is 88.2 Å². The lowest BCUT2D eigenvalue weighted by Crippen LogP contribution is -2.24. The molecule has 3 rings (SSSR count). The van der Waals surface area contributed by atoms with Crippen LogP contribution in [0.1, 0.15) is 16.8 Å². The Hall–Kier alpha value is -1.78. The van der Waals surface area contributed by atoms with Crippen molar-refractivity contribution in [3.05, 3.63) is 62.9 Å². The highest BCUT2D eigenvalue weighted by Gasteiger charge is 2.11. The van der Waals surface area contributed by atoms with Gasteiger partial charge in [0.2, 0.25) is 15.9 Å². The maximum absolute atomic E-state index is 12.2. The Kier molecular flexibility index (Phi) is 6.84. The lowest BCUT2D eigenvalue weighted by atomic mass is 10.1. The zero-order chi connectivity index (χ0) is 20.1. The maximum atomic E-state index is 12.2. The number of thiazole rings is 1. The summed E-state index contributed by atoms with van der Waals surface area (Å²) in [5.41, 5.74) is 2.30. The van der Waals surface area contributed by atoms with Crippen LogP contribution in [0.4, 0.5) is 0 Å². The van der Waals surface area contributed by atoms with Crippen molar-refractivity contribution in [1.29, 1.82) is 0 Å². The summed E-state index contributed by atoms with van der Waals surface area (Å²) in [5.74, 6) is -0.194. The second kappa shape index (κ2) is 9.15. The van der Waals surface area contributed by atoms with E-state index in [2.05, 4.69) is 15.0 Å². The molecule has 0 spiro atoms. The minimum atomic E-state index is -3.29. The van der Waals surface area contributed by atoms with Crippen LogP contribution in [0.25, 0.3) is 9.88 Å². The average molecular weight is 456 g/mol. The van der Waals surface area contributed by atoms with E-state index in [1.807, 2.05) is 29.6 Å². The van der Waals surface area contributed by atoms with Crippen molar-refractivity contribution in [1.82, 2.24) is 15.0 Å². The summed E-state index contributed by atoms with van der Waals surface area (Å²) in [5, 5.41) is 5.58. The third kappa shape index (κ3) is 5.86. The van der Waals surface area contributed by atoms with Crippen molar-refractivity contribution in [3.63, 3.8) is 0 Å². The number of hydrogen-bond acceptors (Lipinski definition) is 6. The van der Waals surface area contributed by atoms with Crippen LogP contribution in [-0.2, 0) is 33.5 Å². The zero-order valence-electron chi connectivity index (χ0n) is 14.9. The highest BCUT2D eigenvalue weighted by Crippen LogP contribution is 2.32. The van der Waals surface area contributed by atoms with E-state index in [4.69, 9.17) is 11.6 Å². The predicted molar refractivity (Wildman–Crippen MR) is 114 cm³/mol. The van der Waals surface area contributed by atoms with E-state index in [0.29, 0.717) is 16.4 Å². The summed E-state index contributed by atoms with van der Waals surface area (Å²) in [6, 6.07) is 10.9. The average Bonchev–Trinajstić information content (AvgIpc) is 3.30. The molecule has 0 bridgehead atoms. The van der Waals surface area contributed by atoms with Gasteiger partial charge in [0.25, 0.3) is 0 Å². The fourth-order valence-corrected chi connectivity index (χ4v) is 5.11. The van der Waals surface area contributed by atoms with Crippen molar-refractivity contribution in [2.75, 3.05) is 7.05 Å². The molecular formula is C18H18ClN3O3S3. The van der Waals surface area contributed by atoms with Gasteiger partial charge in [-0.25, -0.2) is 18.1 Å². The number of nitrogens with zero attached hydrogens (tertiary/aromatic N) is 1. The molecule has 10 heteroatoms. The number of carbonyl (C=O) groups excluding carboxylic acids is 1. The highest BCUT2D eigenvalue weighted by atomic mass is 35.5. The molecule has 2 N–H and O–H groups in total. The number of nitrogens with one attached hydrogen (secondary N) is 2. The van der Waals surface area contributed by atoms with E-state index in [-0.39, 0.29) is 18.1 Å². The molecule has 0 aliphatic rings. The molecule has 1 amide bonds. The van der Waals surface area contributed by atoms with Crippen LogP contribution in [0.5, 0.6) is 0 Å². The monoisotopic (exact) mass is 455 g/mol. The molecule has 6 nitrogen and oxygen atoms in total. The fraction of sp³-hybridized carbons (Fsp3) is 0.222. The summed E-state index contributed by atoms with van der Waals surface area (Å²) in [7, 11) is -1.91. The third-order valence-electron chi connectivity index (χ3n) is 3.86. The zero-order valence-corrected chi connectivity index (χ0v) is 18.1. The third-order valence-corrected chi connectivity index (χ3v) is 7.48. The number of sulfonamides is 1. The number of carbonyl (C=O) groups is 1. The van der Waals surface area contributed by atoms with E-state index in [1.165, 1.54) is 29.7 Å². The lowest BCUT2D eigenvalue weighted by Gasteiger charge is -2.06. The minimum absolute atomic E-state index is 0.0717. The number of amides is 1. The molecule has 0 saturated heterocycles. The Morgan fingerprint density at radius 1 is 1.14 bits per heavy atom. The van der Waals surface area contributed by atoms with Crippen molar-refractivity contribution in [3.8, 4) is 9.88 Å². The molecule has 1 aromatic carbocycles. The van der Waals surface area contributed by atoms with Gasteiger partial charge in [-0.05, 0) is 30.3 Å². The molecule has 0 aliphatic heterocycles. The van der Waals surface area contributed by atoms with Gasteiger partial charge in [0.1, 0.15) is 5.01 Å². The lowest BCUT2D eigenvalue weighted by molar-refractivity contribution is -0.120. The molecular weight excluding hydrogens is 438 g/mol. The van der Waals surface area contributed by atoms with E-state index in [9.17, 15) is 13.2 Å². The largest absolute Gasteiger partial charge is 0.352 e. The number of aromatic nitrogens is 1. The van der Waals surface area contributed by atoms with E-state index in [1.54, 1.807) is 12.1 Å². The van der Waals surface area contributed by atoms with Gasteiger partial charge in [0, 0.05) is 11.9 Å². The first-order valence-electron chi connectivity index (χ1n) is 8.30. The van der Waals surface area contributed by atoms with Crippen molar-refractivity contribution < 1.29 is 13.2 Å². The minimum Gasteiger partial charge on any atom is -0.352 e. The molecule has 0 radical (unpaired) electrons. The second-order valence-corrected chi connectivity index (χ2v) is 10.5. The maximum Gasteiger partial charge on any atom is 0.226 e. The molecule has 28 heavy (non-hydrogen) atoms. The van der Waals surface area contributed by atoms with Crippen LogP contribution in [0.3, 0.4) is 0 Å². The molecule has 0 unspecified atom stereocenters. The number of benzene rings is 1. The van der Waals surface area contributed by atoms with Gasteiger partial charge < -0.3 is 5.32 Å². The fourth-order valence-electron chi connectivity index (χ4n) is 2.40. The van der Waals surface area contributed by atoms with Gasteiger partial charge in [-0.3, -0.25) is 4.79 Å². The van der Waals surface area contributed by atoms with Crippen LogP contribution in [0, 0.1) is 0 Å². The Morgan fingerprint density at radius 3 is 2.50 bits per heavy atom. The van der Waals surface area contributed by atoms with E-state index >= 15 is 0 Å². The van der Waals surface area contributed by atoms with Crippen LogP contribution in [-0.4, -0.2) is 26.4 Å². The summed E-state index contributed by atoms with van der Waals surface area (Å²) < 4.78 is 26.1. The van der Waals surface area contributed by atoms with Gasteiger partial charge in [-0.15, -0.1) is 22.7 Å². The summed E-state index contributed by atoms with van der Waals surface area (Å²) >= 11 is 8.89.